The Morgan fingerprint density at radius 3 is 2.40 bits per heavy atom. The fourth-order valence-corrected chi connectivity index (χ4v) is 1.83. The molecule has 20 heavy (non-hydrogen) atoms. The van der Waals surface area contributed by atoms with Gasteiger partial charge in [-0.1, -0.05) is 12.1 Å². The van der Waals surface area contributed by atoms with Crippen LogP contribution in [0, 0.1) is 0 Å². The molecule has 7 heteroatoms. The molecule has 0 atom stereocenters. The Morgan fingerprint density at radius 2 is 1.85 bits per heavy atom. The van der Waals surface area contributed by atoms with E-state index in [1.54, 1.807) is 20.8 Å². The molecule has 0 saturated carbocycles. The van der Waals surface area contributed by atoms with Gasteiger partial charge in [0.15, 0.2) is 0 Å². The van der Waals surface area contributed by atoms with Crippen LogP contribution < -0.4 is 5.46 Å². The van der Waals surface area contributed by atoms with E-state index in [1.165, 1.54) is 22.9 Å². The number of fused-ring (bicyclic) bond motifs is 1. The summed E-state index contributed by atoms with van der Waals surface area (Å²) in [5, 5.41) is 0.354. The monoisotopic (exact) mass is 284 g/mol. The summed E-state index contributed by atoms with van der Waals surface area (Å²) in [5.74, 6) is 0. The predicted octanol–water partition coefficient (Wildman–Crippen LogP) is 3.48. The Hall–Kier alpha value is -1.92. The highest BCUT2D eigenvalue weighted by atomic mass is 19.4. The van der Waals surface area contributed by atoms with Gasteiger partial charge in [0.05, 0.1) is 5.52 Å². The lowest BCUT2D eigenvalue weighted by atomic mass is 9.80. The average molecular weight is 284 g/mol. The second-order valence-corrected chi connectivity index (χ2v) is 5.56. The van der Waals surface area contributed by atoms with Crippen LogP contribution in [0.5, 0.6) is 0 Å². The summed E-state index contributed by atoms with van der Waals surface area (Å²) in [5.41, 5.74) is -0.953. The summed E-state index contributed by atoms with van der Waals surface area (Å²) < 4.78 is 44.4. The highest BCUT2D eigenvalue weighted by Gasteiger charge is 2.26. The van der Waals surface area contributed by atoms with Gasteiger partial charge in [-0.2, -0.15) is 0 Å². The Labute approximate surface area is 114 Å². The van der Waals surface area contributed by atoms with Crippen molar-refractivity contribution in [3.63, 3.8) is 0 Å². The SMILES string of the molecule is CC(C)(C)OC(=O)n1ccc2cc([B-](F)(F)F)ccc21. The van der Waals surface area contributed by atoms with Gasteiger partial charge in [0, 0.05) is 6.20 Å². The van der Waals surface area contributed by atoms with Gasteiger partial charge in [-0.15, -0.1) is 5.46 Å². The van der Waals surface area contributed by atoms with Crippen molar-refractivity contribution in [2.24, 2.45) is 0 Å². The van der Waals surface area contributed by atoms with E-state index in [0.717, 1.165) is 12.1 Å². The predicted molar refractivity (Wildman–Crippen MR) is 72.3 cm³/mol. The highest BCUT2D eigenvalue weighted by Crippen LogP contribution is 2.19. The lowest BCUT2D eigenvalue weighted by Gasteiger charge is -2.20. The van der Waals surface area contributed by atoms with Crippen LogP contribution in [0.2, 0.25) is 0 Å². The van der Waals surface area contributed by atoms with Crippen LogP contribution in [0.3, 0.4) is 0 Å². The molecule has 0 amide bonds. The van der Waals surface area contributed by atoms with Gasteiger partial charge in [-0.05, 0) is 38.3 Å². The minimum atomic E-state index is -5.04. The fraction of sp³-hybridized carbons (Fsp3) is 0.308. The molecule has 0 fully saturated rings. The molecule has 0 radical (unpaired) electrons. The maximum atomic E-state index is 12.7. The van der Waals surface area contributed by atoms with Gasteiger partial charge < -0.3 is 17.7 Å². The number of rotatable bonds is 1. The molecular formula is C13H14BF3NO2-. The summed E-state index contributed by atoms with van der Waals surface area (Å²) in [6, 6.07) is 4.76. The third-order valence-electron chi connectivity index (χ3n) is 2.68. The Kier molecular flexibility index (Phi) is 3.32. The van der Waals surface area contributed by atoms with E-state index in [9.17, 15) is 17.7 Å². The number of ether oxygens (including phenoxy) is 1. The van der Waals surface area contributed by atoms with E-state index in [2.05, 4.69) is 0 Å². The van der Waals surface area contributed by atoms with Gasteiger partial charge in [-0.25, -0.2) is 4.79 Å². The molecule has 0 aliphatic carbocycles. The Balaban J connectivity index is 2.41. The van der Waals surface area contributed by atoms with Crippen LogP contribution >= 0.6 is 0 Å². The van der Waals surface area contributed by atoms with Crippen LogP contribution in [-0.2, 0) is 4.74 Å². The second-order valence-electron chi connectivity index (χ2n) is 5.56. The molecule has 1 aromatic heterocycles. The number of carbonyl (C=O) groups is 1. The zero-order valence-corrected chi connectivity index (χ0v) is 11.4. The standard InChI is InChI=1S/C13H14BF3NO2/c1-13(2,3)20-12(19)18-7-6-9-8-10(14(15,16)17)4-5-11(9)18/h4-8H,1-3H3/q-1. The molecule has 0 spiro atoms. The lowest BCUT2D eigenvalue weighted by Crippen LogP contribution is -2.33. The van der Waals surface area contributed by atoms with Crippen molar-refractivity contribution in [1.82, 2.24) is 4.57 Å². The molecular weight excluding hydrogens is 270 g/mol. The van der Waals surface area contributed by atoms with Gasteiger partial charge in [0.25, 0.3) is 0 Å². The second kappa shape index (κ2) is 4.57. The number of hydrogen-bond acceptors (Lipinski definition) is 2. The molecule has 0 aliphatic rings. The third kappa shape index (κ3) is 2.97. The van der Waals surface area contributed by atoms with Crippen molar-refractivity contribution in [2.75, 3.05) is 0 Å². The van der Waals surface area contributed by atoms with E-state index < -0.39 is 24.1 Å². The minimum Gasteiger partial charge on any atom is -0.445 e. The van der Waals surface area contributed by atoms with Crippen molar-refractivity contribution >= 4 is 29.4 Å². The largest absolute Gasteiger partial charge is 0.509 e. The van der Waals surface area contributed by atoms with E-state index >= 15 is 0 Å². The number of hydrogen-bond donors (Lipinski definition) is 0. The maximum Gasteiger partial charge on any atom is 0.509 e. The summed E-state index contributed by atoms with van der Waals surface area (Å²) in [4.78, 5) is 11.9. The third-order valence-corrected chi connectivity index (χ3v) is 2.68. The van der Waals surface area contributed by atoms with Gasteiger partial charge in [0.1, 0.15) is 5.60 Å². The first-order chi connectivity index (χ1) is 9.08. The number of benzene rings is 1. The van der Waals surface area contributed by atoms with Gasteiger partial charge >= 0.3 is 13.1 Å². The van der Waals surface area contributed by atoms with Gasteiger partial charge in [-0.3, -0.25) is 4.57 Å². The number of halogens is 3. The normalized spacial score (nSPS) is 12.7. The quantitative estimate of drug-likeness (QED) is 0.751. The van der Waals surface area contributed by atoms with Crippen molar-refractivity contribution in [3.05, 3.63) is 30.5 Å². The van der Waals surface area contributed by atoms with Crippen molar-refractivity contribution < 1.29 is 22.5 Å². The molecule has 0 bridgehead atoms. The first kappa shape index (κ1) is 14.5. The molecule has 1 heterocycles. The molecule has 1 aromatic carbocycles. The zero-order valence-electron chi connectivity index (χ0n) is 11.4. The fourth-order valence-electron chi connectivity index (χ4n) is 1.83. The van der Waals surface area contributed by atoms with E-state index in [0.29, 0.717) is 10.9 Å². The smallest absolute Gasteiger partial charge is 0.445 e. The lowest BCUT2D eigenvalue weighted by molar-refractivity contribution is 0.0544. The van der Waals surface area contributed by atoms with Crippen molar-refractivity contribution in [1.29, 1.82) is 0 Å². The van der Waals surface area contributed by atoms with Crippen molar-refractivity contribution in [3.8, 4) is 0 Å². The first-order valence-corrected chi connectivity index (χ1v) is 6.12. The van der Waals surface area contributed by atoms with E-state index in [-0.39, 0.29) is 0 Å². The topological polar surface area (TPSA) is 31.2 Å². The van der Waals surface area contributed by atoms with Crippen LogP contribution in [0.15, 0.2) is 30.5 Å². The summed E-state index contributed by atoms with van der Waals surface area (Å²) in [7, 11) is 0. The first-order valence-electron chi connectivity index (χ1n) is 6.12. The molecule has 0 aliphatic heterocycles. The van der Waals surface area contributed by atoms with Gasteiger partial charge in [0.2, 0.25) is 0 Å². The molecule has 2 aromatic rings. The molecule has 108 valence electrons. The number of nitrogens with zero attached hydrogens (tertiary/aromatic N) is 1. The number of aromatic nitrogens is 1. The van der Waals surface area contributed by atoms with Crippen LogP contribution in [0.25, 0.3) is 10.9 Å². The van der Waals surface area contributed by atoms with Crippen molar-refractivity contribution in [2.45, 2.75) is 26.4 Å². The molecule has 0 unspecified atom stereocenters. The Morgan fingerprint density at radius 1 is 1.20 bits per heavy atom. The maximum absolute atomic E-state index is 12.7. The molecule has 0 N–H and O–H groups in total. The minimum absolute atomic E-state index is 0.354. The van der Waals surface area contributed by atoms with Crippen LogP contribution in [0.4, 0.5) is 17.7 Å². The highest BCUT2D eigenvalue weighted by molar-refractivity contribution is 6.73. The summed E-state index contributed by atoms with van der Waals surface area (Å²) in [6.45, 7) is 0.124. The van der Waals surface area contributed by atoms with Crippen LogP contribution in [-0.4, -0.2) is 23.2 Å². The summed E-state index contributed by atoms with van der Waals surface area (Å²) in [6.07, 6.45) is 0.795. The Bertz CT molecular complexity index is 656. The average Bonchev–Trinajstić information content (AvgIpc) is 2.67. The number of carbonyl (C=O) groups excluding carboxylic acids is 1. The van der Waals surface area contributed by atoms with E-state index in [4.69, 9.17) is 4.74 Å². The van der Waals surface area contributed by atoms with Crippen LogP contribution in [0.1, 0.15) is 20.8 Å². The molecule has 2 rings (SSSR count). The zero-order chi connectivity index (χ0) is 15.1. The molecule has 0 saturated heterocycles. The summed E-state index contributed by atoms with van der Waals surface area (Å²) >= 11 is 0. The molecule has 3 nitrogen and oxygen atoms in total. The van der Waals surface area contributed by atoms with E-state index in [1.807, 2.05) is 0 Å².